The highest BCUT2D eigenvalue weighted by molar-refractivity contribution is 5.94. The minimum absolute atomic E-state index is 0.230. The molecule has 1 aromatic heterocycles. The van der Waals surface area contributed by atoms with Crippen LogP contribution in [-0.2, 0) is 9.59 Å². The highest BCUT2D eigenvalue weighted by Gasteiger charge is 2.34. The first kappa shape index (κ1) is 11.3. The molecule has 7 heteroatoms. The Labute approximate surface area is 96.9 Å². The van der Waals surface area contributed by atoms with Gasteiger partial charge in [0, 0.05) is 0 Å². The van der Waals surface area contributed by atoms with E-state index in [0.29, 0.717) is 12.8 Å². The van der Waals surface area contributed by atoms with Gasteiger partial charge in [-0.3, -0.25) is 14.9 Å². The lowest BCUT2D eigenvalue weighted by molar-refractivity contribution is -0.146. The number of carboxylic acid groups (broad SMARTS) is 1. The molecule has 0 aromatic carbocycles. The van der Waals surface area contributed by atoms with Crippen LogP contribution in [0.5, 0.6) is 0 Å². The lowest BCUT2D eigenvalue weighted by Gasteiger charge is -2.23. The zero-order valence-electron chi connectivity index (χ0n) is 8.96. The SMILES string of the molecule is O=C(O)[C@H]1CC=CC[C@H]1C(=O)Nc1ncn[nH]1. The molecule has 1 aromatic rings. The normalized spacial score (nSPS) is 23.3. The zero-order chi connectivity index (χ0) is 12.3. The highest BCUT2D eigenvalue weighted by atomic mass is 16.4. The first-order valence-corrected chi connectivity index (χ1v) is 5.22. The number of aliphatic carboxylic acids is 1. The zero-order valence-corrected chi connectivity index (χ0v) is 8.96. The number of allylic oxidation sites excluding steroid dienone is 2. The summed E-state index contributed by atoms with van der Waals surface area (Å²) in [6.07, 6.45) is 5.69. The summed E-state index contributed by atoms with van der Waals surface area (Å²) in [7, 11) is 0. The molecule has 0 unspecified atom stereocenters. The third-order valence-electron chi connectivity index (χ3n) is 2.74. The molecule has 1 amide bonds. The van der Waals surface area contributed by atoms with Gasteiger partial charge in [-0.25, -0.2) is 5.10 Å². The van der Waals surface area contributed by atoms with Crippen molar-refractivity contribution in [2.45, 2.75) is 12.8 Å². The number of hydrogen-bond donors (Lipinski definition) is 3. The van der Waals surface area contributed by atoms with E-state index in [9.17, 15) is 9.59 Å². The molecular weight excluding hydrogens is 224 g/mol. The van der Waals surface area contributed by atoms with Crippen molar-refractivity contribution in [3.63, 3.8) is 0 Å². The van der Waals surface area contributed by atoms with Gasteiger partial charge < -0.3 is 5.11 Å². The van der Waals surface area contributed by atoms with Crippen molar-refractivity contribution in [1.82, 2.24) is 15.2 Å². The van der Waals surface area contributed by atoms with Crippen molar-refractivity contribution in [2.24, 2.45) is 11.8 Å². The predicted molar refractivity (Wildman–Crippen MR) is 58.0 cm³/mol. The van der Waals surface area contributed by atoms with Crippen LogP contribution in [0.25, 0.3) is 0 Å². The number of carbonyl (C=O) groups excluding carboxylic acids is 1. The van der Waals surface area contributed by atoms with Gasteiger partial charge in [0.15, 0.2) is 0 Å². The first-order valence-electron chi connectivity index (χ1n) is 5.22. The molecule has 17 heavy (non-hydrogen) atoms. The molecule has 3 N–H and O–H groups in total. The molecule has 90 valence electrons. The Balaban J connectivity index is 2.07. The van der Waals surface area contributed by atoms with Gasteiger partial charge in [-0.1, -0.05) is 12.2 Å². The molecule has 0 bridgehead atoms. The van der Waals surface area contributed by atoms with E-state index < -0.39 is 17.8 Å². The number of anilines is 1. The van der Waals surface area contributed by atoms with Crippen LogP contribution in [0.4, 0.5) is 5.95 Å². The number of aromatic nitrogens is 3. The fourth-order valence-corrected chi connectivity index (χ4v) is 1.85. The molecule has 2 rings (SSSR count). The van der Waals surface area contributed by atoms with E-state index in [2.05, 4.69) is 20.5 Å². The quantitative estimate of drug-likeness (QED) is 0.659. The van der Waals surface area contributed by atoms with E-state index in [1.807, 2.05) is 6.08 Å². The minimum atomic E-state index is -0.952. The number of aromatic amines is 1. The summed E-state index contributed by atoms with van der Waals surface area (Å²) in [5.74, 6) is -2.32. The lowest BCUT2D eigenvalue weighted by atomic mass is 9.82. The standard InChI is InChI=1S/C10H12N4O3/c15-8(13-10-11-5-12-14-10)6-3-1-2-4-7(6)9(16)17/h1-2,5-7H,3-4H2,(H,16,17)(H2,11,12,13,14,15)/t6-,7+/m1/s1. The average molecular weight is 236 g/mol. The summed E-state index contributed by atoms with van der Waals surface area (Å²) in [6.45, 7) is 0. The molecule has 1 aliphatic carbocycles. The first-order chi connectivity index (χ1) is 8.18. The Morgan fingerprint density at radius 3 is 2.65 bits per heavy atom. The second kappa shape index (κ2) is 4.77. The summed E-state index contributed by atoms with van der Waals surface area (Å²) >= 11 is 0. The van der Waals surface area contributed by atoms with Gasteiger partial charge in [0.2, 0.25) is 11.9 Å². The number of carboxylic acids is 1. The molecule has 2 atom stereocenters. The van der Waals surface area contributed by atoms with Crippen molar-refractivity contribution in [2.75, 3.05) is 5.32 Å². The number of nitrogens with zero attached hydrogens (tertiary/aromatic N) is 2. The maximum Gasteiger partial charge on any atom is 0.307 e. The van der Waals surface area contributed by atoms with Crippen molar-refractivity contribution in [3.05, 3.63) is 18.5 Å². The van der Waals surface area contributed by atoms with Gasteiger partial charge in [-0.05, 0) is 12.8 Å². The van der Waals surface area contributed by atoms with Gasteiger partial charge in [0.25, 0.3) is 0 Å². The third-order valence-corrected chi connectivity index (χ3v) is 2.74. The van der Waals surface area contributed by atoms with Crippen LogP contribution in [0.2, 0.25) is 0 Å². The lowest BCUT2D eigenvalue weighted by Crippen LogP contribution is -2.35. The largest absolute Gasteiger partial charge is 0.481 e. The Morgan fingerprint density at radius 2 is 2.06 bits per heavy atom. The summed E-state index contributed by atoms with van der Waals surface area (Å²) in [5, 5.41) is 17.6. The fourth-order valence-electron chi connectivity index (χ4n) is 1.85. The highest BCUT2D eigenvalue weighted by Crippen LogP contribution is 2.26. The summed E-state index contributed by atoms with van der Waals surface area (Å²) in [6, 6.07) is 0. The van der Waals surface area contributed by atoms with Gasteiger partial charge in [0.05, 0.1) is 11.8 Å². The van der Waals surface area contributed by atoms with Gasteiger partial charge in [-0.15, -0.1) is 0 Å². The molecule has 0 saturated heterocycles. The van der Waals surface area contributed by atoms with Crippen LogP contribution in [-0.4, -0.2) is 32.2 Å². The summed E-state index contributed by atoms with van der Waals surface area (Å²) in [5.41, 5.74) is 0. The Morgan fingerprint density at radius 1 is 1.35 bits per heavy atom. The van der Waals surface area contributed by atoms with Gasteiger partial charge in [-0.2, -0.15) is 10.1 Å². The molecule has 1 heterocycles. The number of nitrogens with one attached hydrogen (secondary N) is 2. The number of amides is 1. The average Bonchev–Trinajstić information content (AvgIpc) is 2.81. The van der Waals surface area contributed by atoms with Gasteiger partial charge in [0.1, 0.15) is 6.33 Å². The molecule has 0 saturated carbocycles. The third kappa shape index (κ3) is 2.49. The minimum Gasteiger partial charge on any atom is -0.481 e. The van der Waals surface area contributed by atoms with Crippen LogP contribution in [0.1, 0.15) is 12.8 Å². The second-order valence-electron chi connectivity index (χ2n) is 3.82. The summed E-state index contributed by atoms with van der Waals surface area (Å²) < 4.78 is 0. The molecule has 0 fully saturated rings. The second-order valence-corrected chi connectivity index (χ2v) is 3.82. The van der Waals surface area contributed by atoms with Crippen molar-refractivity contribution >= 4 is 17.8 Å². The van der Waals surface area contributed by atoms with Crippen LogP contribution in [0, 0.1) is 11.8 Å². The van der Waals surface area contributed by atoms with Crippen LogP contribution in [0.3, 0.4) is 0 Å². The van der Waals surface area contributed by atoms with Crippen LogP contribution >= 0.6 is 0 Å². The van der Waals surface area contributed by atoms with Crippen LogP contribution in [0.15, 0.2) is 18.5 Å². The smallest absolute Gasteiger partial charge is 0.307 e. The molecule has 7 nitrogen and oxygen atoms in total. The van der Waals surface area contributed by atoms with Crippen molar-refractivity contribution in [3.8, 4) is 0 Å². The fraction of sp³-hybridized carbons (Fsp3) is 0.400. The molecular formula is C10H12N4O3. The predicted octanol–water partition coefficient (Wildman–Crippen LogP) is 0.410. The molecule has 0 radical (unpaired) electrons. The van der Waals surface area contributed by atoms with E-state index in [-0.39, 0.29) is 11.9 Å². The Kier molecular flexibility index (Phi) is 3.17. The number of rotatable bonds is 3. The maximum absolute atomic E-state index is 11.9. The van der Waals surface area contributed by atoms with E-state index in [4.69, 9.17) is 5.11 Å². The van der Waals surface area contributed by atoms with E-state index in [1.165, 1.54) is 6.33 Å². The summed E-state index contributed by atoms with van der Waals surface area (Å²) in [4.78, 5) is 26.7. The Bertz CT molecular complexity index is 440. The number of H-pyrrole nitrogens is 1. The van der Waals surface area contributed by atoms with Crippen molar-refractivity contribution < 1.29 is 14.7 Å². The molecule has 1 aliphatic rings. The van der Waals surface area contributed by atoms with E-state index in [0.717, 1.165) is 0 Å². The molecule has 0 spiro atoms. The van der Waals surface area contributed by atoms with Crippen molar-refractivity contribution in [1.29, 1.82) is 0 Å². The molecule has 0 aliphatic heterocycles. The Hall–Kier alpha value is -2.18. The number of carbonyl (C=O) groups is 2. The monoisotopic (exact) mass is 236 g/mol. The van der Waals surface area contributed by atoms with Gasteiger partial charge >= 0.3 is 5.97 Å². The van der Waals surface area contributed by atoms with E-state index >= 15 is 0 Å². The topological polar surface area (TPSA) is 108 Å². The van der Waals surface area contributed by atoms with Crippen LogP contribution < -0.4 is 5.32 Å². The number of hydrogen-bond acceptors (Lipinski definition) is 4. The maximum atomic E-state index is 11.9. The van der Waals surface area contributed by atoms with E-state index in [1.54, 1.807) is 6.08 Å².